The quantitative estimate of drug-likeness (QED) is 0.486. The maximum atomic E-state index is 13.6. The molecule has 3 atom stereocenters. The fourth-order valence-corrected chi connectivity index (χ4v) is 4.89. The summed E-state index contributed by atoms with van der Waals surface area (Å²) >= 11 is 0. The second-order valence-electron chi connectivity index (χ2n) is 11.3. The zero-order valence-corrected chi connectivity index (χ0v) is 22.6. The van der Waals surface area contributed by atoms with E-state index in [9.17, 15) is 14.4 Å². The van der Waals surface area contributed by atoms with Crippen molar-refractivity contribution in [3.05, 3.63) is 35.9 Å². The van der Waals surface area contributed by atoms with Gasteiger partial charge in [0.25, 0.3) is 0 Å². The Labute approximate surface area is 212 Å². The molecule has 1 heterocycles. The average molecular weight is 487 g/mol. The molecule has 0 aliphatic carbocycles. The molecule has 3 unspecified atom stereocenters. The van der Waals surface area contributed by atoms with E-state index in [1.807, 2.05) is 37.3 Å². The van der Waals surface area contributed by atoms with E-state index >= 15 is 0 Å². The van der Waals surface area contributed by atoms with E-state index in [0.29, 0.717) is 39.0 Å². The number of amides is 4. The molecule has 0 saturated carbocycles. The minimum absolute atomic E-state index is 0.0694. The first kappa shape index (κ1) is 28.7. The molecule has 7 nitrogen and oxygen atoms in total. The third kappa shape index (κ3) is 9.90. The molecule has 0 bridgehead atoms. The van der Waals surface area contributed by atoms with E-state index in [0.717, 1.165) is 24.8 Å². The number of carbonyl (C=O) groups excluding carboxylic acids is 3. The van der Waals surface area contributed by atoms with E-state index < -0.39 is 6.04 Å². The van der Waals surface area contributed by atoms with Gasteiger partial charge in [-0.25, -0.2) is 4.79 Å². The fraction of sp³-hybridized carbons (Fsp3) is 0.679. The Morgan fingerprint density at radius 3 is 2.40 bits per heavy atom. The van der Waals surface area contributed by atoms with Crippen LogP contribution in [0.1, 0.15) is 72.8 Å². The van der Waals surface area contributed by atoms with Crippen molar-refractivity contribution < 1.29 is 14.4 Å². The maximum Gasteiger partial charge on any atom is 0.317 e. The highest BCUT2D eigenvalue weighted by atomic mass is 16.2. The first-order valence-corrected chi connectivity index (χ1v) is 13.2. The number of piperazine rings is 1. The molecule has 2 N–H and O–H groups in total. The summed E-state index contributed by atoms with van der Waals surface area (Å²) in [6.45, 7) is 14.8. The third-order valence-electron chi connectivity index (χ3n) is 6.42. The number of hydrogen-bond donors (Lipinski definition) is 2. The van der Waals surface area contributed by atoms with Gasteiger partial charge in [0.15, 0.2) is 0 Å². The van der Waals surface area contributed by atoms with Crippen molar-refractivity contribution in [2.24, 2.45) is 11.3 Å². The van der Waals surface area contributed by atoms with E-state index in [-0.39, 0.29) is 35.2 Å². The van der Waals surface area contributed by atoms with Gasteiger partial charge < -0.3 is 20.4 Å². The summed E-state index contributed by atoms with van der Waals surface area (Å²) in [7, 11) is 0. The lowest BCUT2D eigenvalue weighted by Crippen LogP contribution is -2.60. The van der Waals surface area contributed by atoms with Crippen LogP contribution in [-0.2, 0) is 16.0 Å². The van der Waals surface area contributed by atoms with Crippen molar-refractivity contribution in [1.82, 2.24) is 20.4 Å². The summed E-state index contributed by atoms with van der Waals surface area (Å²) in [5, 5.41) is 6.01. The first-order chi connectivity index (χ1) is 16.5. The molecule has 1 aromatic carbocycles. The maximum absolute atomic E-state index is 13.6. The lowest BCUT2D eigenvalue weighted by atomic mass is 9.84. The van der Waals surface area contributed by atoms with Crippen molar-refractivity contribution in [1.29, 1.82) is 0 Å². The van der Waals surface area contributed by atoms with Gasteiger partial charge in [0.2, 0.25) is 11.8 Å². The largest absolute Gasteiger partial charge is 0.344 e. The molecule has 196 valence electrons. The SMILES string of the molecule is CCCCNC(=O)N1CCN(C(=O)C(Cc2ccccc2)NC(=O)CC(C)CC(C)(C)C)CC1C. The first-order valence-electron chi connectivity index (χ1n) is 13.2. The van der Waals surface area contributed by atoms with Crippen molar-refractivity contribution in [3.63, 3.8) is 0 Å². The fourth-order valence-electron chi connectivity index (χ4n) is 4.89. The second kappa shape index (κ2) is 13.5. The molecule has 1 aliphatic heterocycles. The molecule has 1 fully saturated rings. The Hall–Kier alpha value is -2.57. The summed E-state index contributed by atoms with van der Waals surface area (Å²) in [6, 6.07) is 9.02. The van der Waals surface area contributed by atoms with Crippen molar-refractivity contribution in [2.45, 2.75) is 85.7 Å². The van der Waals surface area contributed by atoms with E-state index in [2.05, 4.69) is 45.3 Å². The molecule has 4 amide bonds. The Bertz CT molecular complexity index is 821. The zero-order valence-electron chi connectivity index (χ0n) is 22.6. The Morgan fingerprint density at radius 1 is 1.11 bits per heavy atom. The number of carbonyl (C=O) groups is 3. The lowest BCUT2D eigenvalue weighted by molar-refractivity contribution is -0.138. The minimum Gasteiger partial charge on any atom is -0.344 e. The van der Waals surface area contributed by atoms with Crippen LogP contribution in [0.25, 0.3) is 0 Å². The summed E-state index contributed by atoms with van der Waals surface area (Å²) in [4.78, 5) is 42.6. The van der Waals surface area contributed by atoms with Crippen LogP contribution in [0.2, 0.25) is 0 Å². The molecule has 0 radical (unpaired) electrons. The molecule has 7 heteroatoms. The van der Waals surface area contributed by atoms with Crippen LogP contribution >= 0.6 is 0 Å². The Balaban J connectivity index is 2.04. The number of benzene rings is 1. The molecule has 1 aliphatic rings. The Morgan fingerprint density at radius 2 is 1.80 bits per heavy atom. The second-order valence-corrected chi connectivity index (χ2v) is 11.3. The lowest BCUT2D eigenvalue weighted by Gasteiger charge is -2.41. The average Bonchev–Trinajstić information content (AvgIpc) is 2.77. The van der Waals surface area contributed by atoms with Crippen LogP contribution in [0.4, 0.5) is 4.79 Å². The van der Waals surface area contributed by atoms with Crippen molar-refractivity contribution in [3.8, 4) is 0 Å². The molecule has 2 rings (SSSR count). The van der Waals surface area contributed by atoms with Crippen LogP contribution < -0.4 is 10.6 Å². The number of unbranched alkanes of at least 4 members (excludes halogenated alkanes) is 1. The van der Waals surface area contributed by atoms with Gasteiger partial charge in [-0.15, -0.1) is 0 Å². The van der Waals surface area contributed by atoms with E-state index in [4.69, 9.17) is 0 Å². The highest BCUT2D eigenvalue weighted by Crippen LogP contribution is 2.26. The van der Waals surface area contributed by atoms with Crippen LogP contribution in [-0.4, -0.2) is 65.9 Å². The smallest absolute Gasteiger partial charge is 0.317 e. The van der Waals surface area contributed by atoms with Gasteiger partial charge in [-0.05, 0) is 36.7 Å². The number of urea groups is 1. The molecular formula is C28H46N4O3. The highest BCUT2D eigenvalue weighted by molar-refractivity contribution is 5.88. The monoisotopic (exact) mass is 486 g/mol. The molecule has 0 spiro atoms. The highest BCUT2D eigenvalue weighted by Gasteiger charge is 2.33. The Kier molecular flexibility index (Phi) is 11.1. The predicted octanol–water partition coefficient (Wildman–Crippen LogP) is 4.22. The number of nitrogens with one attached hydrogen (secondary N) is 2. The summed E-state index contributed by atoms with van der Waals surface area (Å²) < 4.78 is 0. The number of hydrogen-bond acceptors (Lipinski definition) is 3. The molecule has 1 aromatic rings. The summed E-state index contributed by atoms with van der Waals surface area (Å²) in [5.74, 6) is 0.0684. The van der Waals surface area contributed by atoms with Gasteiger partial charge in [-0.3, -0.25) is 9.59 Å². The third-order valence-corrected chi connectivity index (χ3v) is 6.42. The summed E-state index contributed by atoms with van der Waals surface area (Å²) in [6.07, 6.45) is 3.77. The van der Waals surface area contributed by atoms with Crippen molar-refractivity contribution >= 4 is 17.8 Å². The van der Waals surface area contributed by atoms with Gasteiger partial charge in [0, 0.05) is 45.1 Å². The van der Waals surface area contributed by atoms with Crippen LogP contribution in [0.15, 0.2) is 30.3 Å². The van der Waals surface area contributed by atoms with Gasteiger partial charge in [0.05, 0.1) is 0 Å². The molecule has 0 aromatic heterocycles. The molecular weight excluding hydrogens is 440 g/mol. The van der Waals surface area contributed by atoms with E-state index in [1.54, 1.807) is 9.80 Å². The van der Waals surface area contributed by atoms with Gasteiger partial charge in [0.1, 0.15) is 6.04 Å². The number of nitrogens with zero attached hydrogens (tertiary/aromatic N) is 2. The number of rotatable bonds is 10. The van der Waals surface area contributed by atoms with Crippen LogP contribution in [0.5, 0.6) is 0 Å². The van der Waals surface area contributed by atoms with Crippen molar-refractivity contribution in [2.75, 3.05) is 26.2 Å². The van der Waals surface area contributed by atoms with Gasteiger partial charge >= 0.3 is 6.03 Å². The summed E-state index contributed by atoms with van der Waals surface area (Å²) in [5.41, 5.74) is 1.16. The normalized spacial score (nSPS) is 18.1. The van der Waals surface area contributed by atoms with E-state index in [1.165, 1.54) is 0 Å². The van der Waals surface area contributed by atoms with Crippen LogP contribution in [0.3, 0.4) is 0 Å². The van der Waals surface area contributed by atoms with Crippen LogP contribution in [0, 0.1) is 11.3 Å². The standard InChI is InChI=1S/C28H46N4O3/c1-7-8-14-29-27(35)32-16-15-31(20-22(32)3)26(34)24(18-23-12-10-9-11-13-23)30-25(33)17-21(2)19-28(4,5)6/h9-13,21-22,24H,7-8,14-20H2,1-6H3,(H,29,35)(H,30,33). The van der Waals surface area contributed by atoms with Gasteiger partial charge in [-0.1, -0.05) is 71.4 Å². The zero-order chi connectivity index (χ0) is 26.0. The topological polar surface area (TPSA) is 81.8 Å². The molecule has 1 saturated heterocycles. The van der Waals surface area contributed by atoms with Gasteiger partial charge in [-0.2, -0.15) is 0 Å². The minimum atomic E-state index is -0.621. The molecule has 35 heavy (non-hydrogen) atoms. The predicted molar refractivity (Wildman–Crippen MR) is 141 cm³/mol.